The van der Waals surface area contributed by atoms with E-state index in [0.29, 0.717) is 12.6 Å². The van der Waals surface area contributed by atoms with Crippen LogP contribution in [0.15, 0.2) is 24.3 Å². The van der Waals surface area contributed by atoms with E-state index in [4.69, 9.17) is 0 Å². The number of hydrogen-bond donors (Lipinski definition) is 2. The van der Waals surface area contributed by atoms with E-state index < -0.39 is 11.4 Å². The number of likely N-dealkylation sites (tertiary alicyclic amines) is 1. The number of carbonyl (C=O) groups is 1. The molecule has 2 atom stereocenters. The summed E-state index contributed by atoms with van der Waals surface area (Å²) in [6, 6.07) is 7.57. The highest BCUT2D eigenvalue weighted by Crippen LogP contribution is 2.36. The normalized spacial score (nSPS) is 24.1. The minimum Gasteiger partial charge on any atom is -0.508 e. The number of nitrogens with zero attached hydrogens (tertiary/aromatic N) is 1. The van der Waals surface area contributed by atoms with Gasteiger partial charge < -0.3 is 10.2 Å². The lowest BCUT2D eigenvalue weighted by Crippen LogP contribution is -2.38. The zero-order chi connectivity index (χ0) is 15.5. The first-order chi connectivity index (χ1) is 9.97. The SMILES string of the molecule is CCCC1(C(=O)O)CCN(C(C)Cc2ccc(O)cc2)C1. The van der Waals surface area contributed by atoms with Crippen molar-refractivity contribution >= 4 is 5.97 Å². The number of carboxylic acid groups (broad SMARTS) is 1. The Balaban J connectivity index is 1.99. The maximum Gasteiger partial charge on any atom is 0.310 e. The number of hydrogen-bond acceptors (Lipinski definition) is 3. The second kappa shape index (κ2) is 6.48. The molecule has 0 radical (unpaired) electrons. The Labute approximate surface area is 126 Å². The van der Waals surface area contributed by atoms with Crippen molar-refractivity contribution in [1.29, 1.82) is 0 Å². The van der Waals surface area contributed by atoms with Gasteiger partial charge in [-0.3, -0.25) is 9.69 Å². The predicted molar refractivity (Wildman–Crippen MR) is 82.4 cm³/mol. The number of benzene rings is 1. The van der Waals surface area contributed by atoms with Gasteiger partial charge in [-0.2, -0.15) is 0 Å². The van der Waals surface area contributed by atoms with Gasteiger partial charge in [0.15, 0.2) is 0 Å². The van der Waals surface area contributed by atoms with E-state index >= 15 is 0 Å². The lowest BCUT2D eigenvalue weighted by atomic mass is 9.82. The molecule has 21 heavy (non-hydrogen) atoms. The Kier molecular flexibility index (Phi) is 4.88. The van der Waals surface area contributed by atoms with Crippen LogP contribution in [-0.4, -0.2) is 40.2 Å². The summed E-state index contributed by atoms with van der Waals surface area (Å²) in [7, 11) is 0. The van der Waals surface area contributed by atoms with Gasteiger partial charge in [0.05, 0.1) is 5.41 Å². The first-order valence-corrected chi connectivity index (χ1v) is 7.72. The third-order valence-electron chi connectivity index (χ3n) is 4.66. The third-order valence-corrected chi connectivity index (χ3v) is 4.66. The van der Waals surface area contributed by atoms with Crippen molar-refractivity contribution in [2.75, 3.05) is 13.1 Å². The molecule has 4 heteroatoms. The largest absolute Gasteiger partial charge is 0.508 e. The Morgan fingerprint density at radius 1 is 1.38 bits per heavy atom. The molecular weight excluding hydrogens is 266 g/mol. The summed E-state index contributed by atoms with van der Waals surface area (Å²) in [5.41, 5.74) is 0.612. The second-order valence-electron chi connectivity index (χ2n) is 6.28. The molecule has 1 saturated heterocycles. The summed E-state index contributed by atoms with van der Waals surface area (Å²) in [6.45, 7) is 5.70. The van der Waals surface area contributed by atoms with E-state index in [1.165, 1.54) is 5.56 Å². The summed E-state index contributed by atoms with van der Waals surface area (Å²) >= 11 is 0. The minimum absolute atomic E-state index is 0.278. The first kappa shape index (κ1) is 15.8. The average Bonchev–Trinajstić information content (AvgIpc) is 2.88. The predicted octanol–water partition coefficient (Wildman–Crippen LogP) is 2.90. The maximum atomic E-state index is 11.6. The molecule has 1 aromatic carbocycles. The van der Waals surface area contributed by atoms with Gasteiger partial charge in [0.25, 0.3) is 0 Å². The Morgan fingerprint density at radius 2 is 2.05 bits per heavy atom. The number of rotatable bonds is 6. The van der Waals surface area contributed by atoms with Crippen molar-refractivity contribution in [1.82, 2.24) is 4.90 Å². The summed E-state index contributed by atoms with van der Waals surface area (Å²) in [6.07, 6.45) is 3.29. The van der Waals surface area contributed by atoms with Gasteiger partial charge in [0.2, 0.25) is 0 Å². The molecule has 116 valence electrons. The van der Waals surface area contributed by atoms with Crippen LogP contribution in [0.1, 0.15) is 38.7 Å². The Morgan fingerprint density at radius 3 is 2.62 bits per heavy atom. The molecule has 1 aromatic rings. The standard InChI is InChI=1S/C17H25NO3/c1-3-8-17(16(20)21)9-10-18(12-17)13(2)11-14-4-6-15(19)7-5-14/h4-7,13,19H,3,8-12H2,1-2H3,(H,20,21). The average molecular weight is 291 g/mol. The van der Waals surface area contributed by atoms with Gasteiger partial charge in [0.1, 0.15) is 5.75 Å². The molecule has 0 amide bonds. The van der Waals surface area contributed by atoms with Crippen LogP contribution in [0.2, 0.25) is 0 Å². The highest BCUT2D eigenvalue weighted by molar-refractivity contribution is 5.75. The number of phenols is 1. The van der Waals surface area contributed by atoms with Crippen molar-refractivity contribution < 1.29 is 15.0 Å². The van der Waals surface area contributed by atoms with E-state index in [1.54, 1.807) is 12.1 Å². The van der Waals surface area contributed by atoms with Crippen LogP contribution >= 0.6 is 0 Å². The molecule has 2 unspecified atom stereocenters. The topological polar surface area (TPSA) is 60.8 Å². The van der Waals surface area contributed by atoms with Crippen LogP contribution in [0, 0.1) is 5.41 Å². The van der Waals surface area contributed by atoms with Gasteiger partial charge in [0, 0.05) is 12.6 Å². The number of aromatic hydroxyl groups is 1. The quantitative estimate of drug-likeness (QED) is 0.846. The summed E-state index contributed by atoms with van der Waals surface area (Å²) in [4.78, 5) is 13.9. The van der Waals surface area contributed by atoms with Gasteiger partial charge >= 0.3 is 5.97 Å². The molecule has 0 saturated carbocycles. The fraction of sp³-hybridized carbons (Fsp3) is 0.588. The summed E-state index contributed by atoms with van der Waals surface area (Å²) in [5, 5.41) is 18.9. The molecule has 0 spiro atoms. The first-order valence-electron chi connectivity index (χ1n) is 7.72. The molecule has 0 aromatic heterocycles. The monoisotopic (exact) mass is 291 g/mol. The van der Waals surface area contributed by atoms with Gasteiger partial charge in [-0.05, 0) is 50.4 Å². The molecule has 2 N–H and O–H groups in total. The van der Waals surface area contributed by atoms with Crippen LogP contribution in [0.4, 0.5) is 0 Å². The molecule has 4 nitrogen and oxygen atoms in total. The summed E-state index contributed by atoms with van der Waals surface area (Å²) < 4.78 is 0. The van der Waals surface area contributed by atoms with E-state index in [-0.39, 0.29) is 5.75 Å². The van der Waals surface area contributed by atoms with Crippen LogP contribution in [0.25, 0.3) is 0 Å². The molecule has 0 bridgehead atoms. The lowest BCUT2D eigenvalue weighted by molar-refractivity contribution is -0.148. The van der Waals surface area contributed by atoms with E-state index in [0.717, 1.165) is 32.2 Å². The van der Waals surface area contributed by atoms with Crippen LogP contribution in [0.5, 0.6) is 5.75 Å². The van der Waals surface area contributed by atoms with Gasteiger partial charge in [-0.25, -0.2) is 0 Å². The van der Waals surface area contributed by atoms with E-state index in [9.17, 15) is 15.0 Å². The second-order valence-corrected chi connectivity index (χ2v) is 6.28. The molecule has 1 aliphatic rings. The highest BCUT2D eigenvalue weighted by Gasteiger charge is 2.44. The third kappa shape index (κ3) is 3.56. The smallest absolute Gasteiger partial charge is 0.310 e. The molecule has 1 fully saturated rings. The van der Waals surface area contributed by atoms with E-state index in [1.807, 2.05) is 19.1 Å². The molecule has 0 aliphatic carbocycles. The lowest BCUT2D eigenvalue weighted by Gasteiger charge is -2.28. The number of aliphatic carboxylic acids is 1. The Hall–Kier alpha value is -1.55. The van der Waals surface area contributed by atoms with Gasteiger partial charge in [-0.15, -0.1) is 0 Å². The maximum absolute atomic E-state index is 11.6. The fourth-order valence-corrected chi connectivity index (χ4v) is 3.35. The van der Waals surface area contributed by atoms with Crippen LogP contribution < -0.4 is 0 Å². The van der Waals surface area contributed by atoms with Crippen molar-refractivity contribution in [2.45, 2.75) is 45.6 Å². The van der Waals surface area contributed by atoms with Gasteiger partial charge in [-0.1, -0.05) is 25.5 Å². The van der Waals surface area contributed by atoms with Crippen LogP contribution in [0.3, 0.4) is 0 Å². The molecule has 1 aliphatic heterocycles. The highest BCUT2D eigenvalue weighted by atomic mass is 16.4. The van der Waals surface area contributed by atoms with Crippen molar-refractivity contribution in [3.05, 3.63) is 29.8 Å². The molecule has 2 rings (SSSR count). The van der Waals surface area contributed by atoms with Crippen molar-refractivity contribution in [3.8, 4) is 5.75 Å². The molecular formula is C17H25NO3. The summed E-state index contributed by atoms with van der Waals surface area (Å²) in [5.74, 6) is -0.371. The zero-order valence-electron chi connectivity index (χ0n) is 12.9. The fourth-order valence-electron chi connectivity index (χ4n) is 3.35. The van der Waals surface area contributed by atoms with Crippen LogP contribution in [-0.2, 0) is 11.2 Å². The zero-order valence-corrected chi connectivity index (χ0v) is 12.9. The minimum atomic E-state index is -0.649. The van der Waals surface area contributed by atoms with Crippen molar-refractivity contribution in [2.24, 2.45) is 5.41 Å². The molecule has 1 heterocycles. The number of carboxylic acids is 1. The van der Waals surface area contributed by atoms with Crippen molar-refractivity contribution in [3.63, 3.8) is 0 Å². The Bertz CT molecular complexity index is 485. The van der Waals surface area contributed by atoms with E-state index in [2.05, 4.69) is 11.8 Å². The number of phenolic OH excluding ortho intramolecular Hbond substituents is 1.